The Hall–Kier alpha value is -3.29. The summed E-state index contributed by atoms with van der Waals surface area (Å²) in [6.45, 7) is 3.11. The Morgan fingerprint density at radius 2 is 1.60 bits per heavy atom. The number of hydrogen-bond acceptors (Lipinski definition) is 6. The van der Waals surface area contributed by atoms with E-state index in [0.29, 0.717) is 24.5 Å². The average Bonchev–Trinajstić information content (AvgIpc) is 2.61. The second-order valence-corrected chi connectivity index (χ2v) is 5.21. The first-order valence-corrected chi connectivity index (χ1v) is 7.72. The fourth-order valence-corrected chi connectivity index (χ4v) is 2.19. The summed E-state index contributed by atoms with van der Waals surface area (Å²) < 4.78 is 0. The number of nitro benzene ring substituents is 1. The van der Waals surface area contributed by atoms with Gasteiger partial charge in [0.2, 0.25) is 0 Å². The van der Waals surface area contributed by atoms with Gasteiger partial charge >= 0.3 is 5.97 Å². The molecule has 0 aliphatic carbocycles. The molecule has 0 amide bonds. The van der Waals surface area contributed by atoms with Gasteiger partial charge in [-0.2, -0.15) is 10.2 Å². The van der Waals surface area contributed by atoms with Gasteiger partial charge in [0.15, 0.2) is 0 Å². The summed E-state index contributed by atoms with van der Waals surface area (Å²) in [5, 5.41) is 27.5. The Labute approximate surface area is 144 Å². The molecule has 2 aromatic carbocycles. The van der Waals surface area contributed by atoms with Gasteiger partial charge in [-0.05, 0) is 43.3 Å². The lowest BCUT2D eigenvalue weighted by Gasteiger charge is -2.22. The van der Waals surface area contributed by atoms with Crippen molar-refractivity contribution in [1.82, 2.24) is 0 Å². The molecule has 8 heteroatoms. The van der Waals surface area contributed by atoms with E-state index in [1.807, 2.05) is 24.0 Å². The molecule has 0 atom stereocenters. The van der Waals surface area contributed by atoms with Crippen molar-refractivity contribution in [2.45, 2.75) is 13.3 Å². The van der Waals surface area contributed by atoms with Crippen molar-refractivity contribution in [2.75, 3.05) is 18.0 Å². The smallest absolute Gasteiger partial charge is 0.305 e. The van der Waals surface area contributed by atoms with Gasteiger partial charge in [-0.1, -0.05) is 0 Å². The summed E-state index contributed by atoms with van der Waals surface area (Å²) in [5.74, 6) is -0.827. The van der Waals surface area contributed by atoms with Crippen molar-refractivity contribution >= 4 is 28.7 Å². The summed E-state index contributed by atoms with van der Waals surface area (Å²) in [6, 6.07) is 13.1. The van der Waals surface area contributed by atoms with E-state index in [1.54, 1.807) is 12.1 Å². The molecule has 0 saturated heterocycles. The molecule has 8 nitrogen and oxygen atoms in total. The van der Waals surface area contributed by atoms with Crippen LogP contribution in [0.4, 0.5) is 22.7 Å². The van der Waals surface area contributed by atoms with Crippen LogP contribution in [0.15, 0.2) is 58.8 Å². The fraction of sp³-hybridized carbons (Fsp3) is 0.235. The van der Waals surface area contributed by atoms with E-state index in [-0.39, 0.29) is 12.1 Å². The number of carbonyl (C=O) groups is 1. The van der Waals surface area contributed by atoms with Gasteiger partial charge in [-0.3, -0.25) is 14.9 Å². The monoisotopic (exact) mass is 342 g/mol. The number of nitrogens with zero attached hydrogens (tertiary/aromatic N) is 4. The second-order valence-electron chi connectivity index (χ2n) is 5.21. The summed E-state index contributed by atoms with van der Waals surface area (Å²) in [6.07, 6.45) is 0.0788. The number of rotatable bonds is 8. The maximum Gasteiger partial charge on any atom is 0.305 e. The number of azo groups is 1. The predicted molar refractivity (Wildman–Crippen MR) is 93.9 cm³/mol. The van der Waals surface area contributed by atoms with Crippen molar-refractivity contribution in [2.24, 2.45) is 10.2 Å². The summed E-state index contributed by atoms with van der Waals surface area (Å²) >= 11 is 0. The molecule has 25 heavy (non-hydrogen) atoms. The van der Waals surface area contributed by atoms with Gasteiger partial charge in [0.25, 0.3) is 5.69 Å². The van der Waals surface area contributed by atoms with E-state index in [9.17, 15) is 14.9 Å². The van der Waals surface area contributed by atoms with Crippen molar-refractivity contribution in [3.8, 4) is 0 Å². The minimum absolute atomic E-state index is 0.00400. The molecule has 0 saturated carbocycles. The van der Waals surface area contributed by atoms with Gasteiger partial charge in [0.1, 0.15) is 0 Å². The minimum Gasteiger partial charge on any atom is -0.481 e. The molecule has 1 N–H and O–H groups in total. The third-order valence-corrected chi connectivity index (χ3v) is 3.53. The van der Waals surface area contributed by atoms with Crippen molar-refractivity contribution < 1.29 is 14.8 Å². The van der Waals surface area contributed by atoms with Crippen LogP contribution in [0.25, 0.3) is 0 Å². The topological polar surface area (TPSA) is 108 Å². The molecule has 0 aromatic heterocycles. The van der Waals surface area contributed by atoms with Gasteiger partial charge in [0, 0.05) is 30.9 Å². The number of anilines is 1. The van der Waals surface area contributed by atoms with E-state index in [0.717, 1.165) is 5.69 Å². The van der Waals surface area contributed by atoms with Crippen molar-refractivity contribution in [3.63, 3.8) is 0 Å². The Balaban J connectivity index is 2.03. The van der Waals surface area contributed by atoms with Crippen LogP contribution in [-0.4, -0.2) is 29.1 Å². The molecule has 0 spiro atoms. The molecule has 0 fully saturated rings. The number of aliphatic carboxylic acids is 1. The molecule has 2 rings (SSSR count). The van der Waals surface area contributed by atoms with Crippen LogP contribution >= 0.6 is 0 Å². The lowest BCUT2D eigenvalue weighted by atomic mass is 10.2. The van der Waals surface area contributed by atoms with E-state index in [4.69, 9.17) is 5.11 Å². The average molecular weight is 342 g/mol. The summed E-state index contributed by atoms with van der Waals surface area (Å²) in [4.78, 5) is 22.8. The highest BCUT2D eigenvalue weighted by atomic mass is 16.6. The summed E-state index contributed by atoms with van der Waals surface area (Å²) in [5.41, 5.74) is 2.07. The van der Waals surface area contributed by atoms with Crippen LogP contribution in [0.1, 0.15) is 13.3 Å². The highest BCUT2D eigenvalue weighted by molar-refractivity contribution is 5.67. The van der Waals surface area contributed by atoms with E-state index >= 15 is 0 Å². The molecule has 0 aliphatic rings. The highest BCUT2D eigenvalue weighted by Crippen LogP contribution is 2.23. The lowest BCUT2D eigenvalue weighted by Crippen LogP contribution is -2.25. The number of carboxylic acids is 1. The molecule has 130 valence electrons. The number of non-ortho nitro benzene ring substituents is 1. The standard InChI is InChI=1S/C17H18N4O4/c1-2-20(12-11-17(22)23)15-7-3-13(4-8-15)18-19-14-5-9-16(10-6-14)21(24)25/h3-10H,2,11-12H2,1H3,(H,22,23). The second kappa shape index (κ2) is 8.53. The fourth-order valence-electron chi connectivity index (χ4n) is 2.19. The van der Waals surface area contributed by atoms with E-state index in [2.05, 4.69) is 10.2 Å². The Bertz CT molecular complexity index is 757. The Morgan fingerprint density at radius 3 is 2.04 bits per heavy atom. The van der Waals surface area contributed by atoms with Gasteiger partial charge in [-0.25, -0.2) is 0 Å². The molecule has 0 unspecified atom stereocenters. The molecular weight excluding hydrogens is 324 g/mol. The van der Waals surface area contributed by atoms with Crippen LogP contribution in [0.3, 0.4) is 0 Å². The first-order chi connectivity index (χ1) is 12.0. The first-order valence-electron chi connectivity index (χ1n) is 7.72. The van der Waals surface area contributed by atoms with Crippen molar-refractivity contribution in [3.05, 3.63) is 58.6 Å². The highest BCUT2D eigenvalue weighted by Gasteiger charge is 2.07. The van der Waals surface area contributed by atoms with Gasteiger partial charge < -0.3 is 10.0 Å². The maximum absolute atomic E-state index is 10.7. The SMILES string of the molecule is CCN(CCC(=O)O)c1ccc(N=Nc2ccc([N+](=O)[O-])cc2)cc1. The number of carboxylic acid groups (broad SMARTS) is 1. The molecule has 0 bridgehead atoms. The van der Waals surface area contributed by atoms with Crippen molar-refractivity contribution in [1.29, 1.82) is 0 Å². The zero-order chi connectivity index (χ0) is 18.2. The molecule has 0 heterocycles. The first kappa shape index (κ1) is 18.1. The number of nitro groups is 1. The van der Waals surface area contributed by atoms with E-state index < -0.39 is 10.9 Å². The third-order valence-electron chi connectivity index (χ3n) is 3.53. The predicted octanol–water partition coefficient (Wildman–Crippen LogP) is 4.31. The van der Waals surface area contributed by atoms with Crippen LogP contribution < -0.4 is 4.90 Å². The molecule has 0 aliphatic heterocycles. The number of hydrogen-bond donors (Lipinski definition) is 1. The normalized spacial score (nSPS) is 10.8. The zero-order valence-electron chi connectivity index (χ0n) is 13.7. The van der Waals surface area contributed by atoms with Crippen LogP contribution in [-0.2, 0) is 4.79 Å². The maximum atomic E-state index is 10.7. The minimum atomic E-state index is -0.827. The Morgan fingerprint density at radius 1 is 1.08 bits per heavy atom. The van der Waals surface area contributed by atoms with Crippen LogP contribution in [0.2, 0.25) is 0 Å². The lowest BCUT2D eigenvalue weighted by molar-refractivity contribution is -0.384. The van der Waals surface area contributed by atoms with Crippen LogP contribution in [0, 0.1) is 10.1 Å². The molecule has 2 aromatic rings. The summed E-state index contributed by atoms with van der Waals surface area (Å²) in [7, 11) is 0. The van der Waals surface area contributed by atoms with Crippen LogP contribution in [0.5, 0.6) is 0 Å². The molecular formula is C17H18N4O4. The van der Waals surface area contributed by atoms with Gasteiger partial charge in [-0.15, -0.1) is 0 Å². The van der Waals surface area contributed by atoms with Gasteiger partial charge in [0.05, 0.1) is 22.7 Å². The zero-order valence-corrected chi connectivity index (χ0v) is 13.7. The van der Waals surface area contributed by atoms with E-state index in [1.165, 1.54) is 24.3 Å². The quantitative estimate of drug-likeness (QED) is 0.437. The largest absolute Gasteiger partial charge is 0.481 e. The Kier molecular flexibility index (Phi) is 6.16. The molecule has 0 radical (unpaired) electrons. The number of benzene rings is 2. The third kappa shape index (κ3) is 5.38.